The number of hydrogen-bond donors (Lipinski definition) is 1. The number of hydrogen-bond acceptors (Lipinski definition) is 3. The van der Waals surface area contributed by atoms with Gasteiger partial charge in [0.25, 0.3) is 0 Å². The Balaban J connectivity index is 2.34. The lowest BCUT2D eigenvalue weighted by atomic mass is 10.1. The van der Waals surface area contributed by atoms with Crippen molar-refractivity contribution in [3.63, 3.8) is 0 Å². The second-order valence-electron chi connectivity index (χ2n) is 4.05. The Hall–Kier alpha value is -2.43. The molecule has 5 nitrogen and oxygen atoms in total. The average Bonchev–Trinajstić information content (AvgIpc) is 2.34. The molecule has 0 saturated heterocycles. The summed E-state index contributed by atoms with van der Waals surface area (Å²) in [6, 6.07) is 6.51. The van der Waals surface area contributed by atoms with Crippen molar-refractivity contribution in [3.05, 3.63) is 63.8 Å². The van der Waals surface area contributed by atoms with Crippen LogP contribution in [0.2, 0.25) is 0 Å². The largest absolute Gasteiger partial charge is 0.478 e. The van der Waals surface area contributed by atoms with Gasteiger partial charge in [0, 0.05) is 12.4 Å². The molecule has 2 aromatic rings. The summed E-state index contributed by atoms with van der Waals surface area (Å²) in [6.45, 7) is 2.16. The van der Waals surface area contributed by atoms with E-state index in [2.05, 4.69) is 4.98 Å². The number of aromatic carboxylic acids is 1. The highest BCUT2D eigenvalue weighted by Gasteiger charge is 2.04. The zero-order valence-electron chi connectivity index (χ0n) is 9.83. The van der Waals surface area contributed by atoms with Gasteiger partial charge in [-0.2, -0.15) is 0 Å². The van der Waals surface area contributed by atoms with Crippen molar-refractivity contribution in [1.82, 2.24) is 9.55 Å². The van der Waals surface area contributed by atoms with Crippen LogP contribution >= 0.6 is 0 Å². The number of aromatic nitrogens is 2. The van der Waals surface area contributed by atoms with Gasteiger partial charge in [0.15, 0.2) is 0 Å². The molecule has 0 spiro atoms. The summed E-state index contributed by atoms with van der Waals surface area (Å²) in [6.07, 6.45) is 3.20. The number of carboxylic acid groups (broad SMARTS) is 1. The van der Waals surface area contributed by atoms with Crippen LogP contribution in [0.3, 0.4) is 0 Å². The molecule has 1 aromatic heterocycles. The van der Waals surface area contributed by atoms with E-state index in [-0.39, 0.29) is 11.3 Å². The van der Waals surface area contributed by atoms with Crippen LogP contribution in [-0.4, -0.2) is 20.6 Å². The number of rotatable bonds is 3. The molecular formula is C13H12N2O3. The van der Waals surface area contributed by atoms with E-state index in [1.807, 2.05) is 6.92 Å². The van der Waals surface area contributed by atoms with Gasteiger partial charge in [0.1, 0.15) is 0 Å². The number of benzene rings is 1. The molecule has 1 N–H and O–H groups in total. The third kappa shape index (κ3) is 2.63. The molecule has 0 bridgehead atoms. The quantitative estimate of drug-likeness (QED) is 0.883. The van der Waals surface area contributed by atoms with E-state index in [1.54, 1.807) is 24.4 Å². The summed E-state index contributed by atoms with van der Waals surface area (Å²) in [4.78, 5) is 26.1. The van der Waals surface area contributed by atoms with E-state index >= 15 is 0 Å². The number of aryl methyl sites for hydroxylation is 1. The highest BCUT2D eigenvalue weighted by molar-refractivity contribution is 5.87. The maximum atomic E-state index is 11.5. The van der Waals surface area contributed by atoms with Gasteiger partial charge in [0.2, 0.25) is 0 Å². The molecule has 0 amide bonds. The lowest BCUT2D eigenvalue weighted by Gasteiger charge is -2.06. The Morgan fingerprint density at radius 3 is 2.94 bits per heavy atom. The summed E-state index contributed by atoms with van der Waals surface area (Å²) < 4.78 is 1.45. The van der Waals surface area contributed by atoms with Gasteiger partial charge in [-0.3, -0.25) is 4.57 Å². The summed E-state index contributed by atoms with van der Waals surface area (Å²) in [5, 5.41) is 8.89. The molecule has 1 heterocycles. The molecule has 0 saturated carbocycles. The maximum absolute atomic E-state index is 11.5. The van der Waals surface area contributed by atoms with Gasteiger partial charge < -0.3 is 5.11 Å². The van der Waals surface area contributed by atoms with Gasteiger partial charge in [-0.25, -0.2) is 14.6 Å². The first-order valence-electron chi connectivity index (χ1n) is 5.41. The fourth-order valence-corrected chi connectivity index (χ4v) is 1.68. The van der Waals surface area contributed by atoms with E-state index in [9.17, 15) is 9.59 Å². The molecule has 2 rings (SSSR count). The molecule has 0 fully saturated rings. The monoisotopic (exact) mass is 244 g/mol. The van der Waals surface area contributed by atoms with Crippen LogP contribution in [0.25, 0.3) is 0 Å². The first-order chi connectivity index (χ1) is 8.56. The van der Waals surface area contributed by atoms with Gasteiger partial charge in [-0.05, 0) is 30.2 Å². The zero-order valence-corrected chi connectivity index (χ0v) is 9.83. The first kappa shape index (κ1) is 12.0. The highest BCUT2D eigenvalue weighted by Crippen LogP contribution is 2.06. The summed E-state index contributed by atoms with van der Waals surface area (Å²) in [5.74, 6) is -0.980. The van der Waals surface area contributed by atoms with Gasteiger partial charge in [-0.1, -0.05) is 12.1 Å². The van der Waals surface area contributed by atoms with Crippen molar-refractivity contribution < 1.29 is 9.90 Å². The van der Waals surface area contributed by atoms with Crippen LogP contribution in [0.4, 0.5) is 0 Å². The van der Waals surface area contributed by atoms with Crippen molar-refractivity contribution in [2.24, 2.45) is 0 Å². The number of carboxylic acids is 1. The van der Waals surface area contributed by atoms with Crippen molar-refractivity contribution in [1.29, 1.82) is 0 Å². The van der Waals surface area contributed by atoms with Crippen molar-refractivity contribution >= 4 is 5.97 Å². The SMILES string of the molecule is Cc1cnc(=O)n(Cc2cccc(C(=O)O)c2)c1. The Kier molecular flexibility index (Phi) is 3.23. The molecule has 0 radical (unpaired) electrons. The van der Waals surface area contributed by atoms with E-state index in [0.717, 1.165) is 11.1 Å². The fraction of sp³-hybridized carbons (Fsp3) is 0.154. The molecule has 0 atom stereocenters. The van der Waals surface area contributed by atoms with Crippen LogP contribution < -0.4 is 5.69 Å². The molecule has 5 heteroatoms. The van der Waals surface area contributed by atoms with Crippen molar-refractivity contribution in [2.75, 3.05) is 0 Å². The van der Waals surface area contributed by atoms with Gasteiger partial charge in [0.05, 0.1) is 12.1 Å². The number of nitrogens with zero attached hydrogens (tertiary/aromatic N) is 2. The second kappa shape index (κ2) is 4.83. The molecular weight excluding hydrogens is 232 g/mol. The highest BCUT2D eigenvalue weighted by atomic mass is 16.4. The third-order valence-corrected chi connectivity index (χ3v) is 2.51. The molecule has 0 unspecified atom stereocenters. The summed E-state index contributed by atoms with van der Waals surface area (Å²) in [7, 11) is 0. The zero-order chi connectivity index (χ0) is 13.1. The van der Waals surface area contributed by atoms with E-state index in [1.165, 1.54) is 16.8 Å². The van der Waals surface area contributed by atoms with Crippen molar-refractivity contribution in [3.8, 4) is 0 Å². The van der Waals surface area contributed by atoms with Gasteiger partial charge in [-0.15, -0.1) is 0 Å². The average molecular weight is 244 g/mol. The minimum absolute atomic E-state index is 0.209. The van der Waals surface area contributed by atoms with Crippen LogP contribution in [0, 0.1) is 6.92 Å². The Labute approximate surface area is 103 Å². The Morgan fingerprint density at radius 1 is 1.44 bits per heavy atom. The normalized spacial score (nSPS) is 10.3. The lowest BCUT2D eigenvalue weighted by Crippen LogP contribution is -2.22. The lowest BCUT2D eigenvalue weighted by molar-refractivity contribution is 0.0696. The van der Waals surface area contributed by atoms with Crippen LogP contribution in [0.1, 0.15) is 21.5 Å². The standard InChI is InChI=1S/C13H12N2O3/c1-9-6-14-13(18)15(7-9)8-10-3-2-4-11(5-10)12(16)17/h2-7H,8H2,1H3,(H,16,17). The topological polar surface area (TPSA) is 72.2 Å². The van der Waals surface area contributed by atoms with Crippen LogP contribution in [-0.2, 0) is 6.54 Å². The summed E-state index contributed by atoms with van der Waals surface area (Å²) >= 11 is 0. The maximum Gasteiger partial charge on any atom is 0.347 e. The Bertz CT molecular complexity index is 647. The molecule has 1 aromatic carbocycles. The smallest absolute Gasteiger partial charge is 0.347 e. The van der Waals surface area contributed by atoms with E-state index in [0.29, 0.717) is 6.54 Å². The fourth-order valence-electron chi connectivity index (χ4n) is 1.68. The number of carbonyl (C=O) groups is 1. The molecule has 0 aliphatic carbocycles. The predicted molar refractivity (Wildman–Crippen MR) is 65.7 cm³/mol. The van der Waals surface area contributed by atoms with E-state index in [4.69, 9.17) is 5.11 Å². The van der Waals surface area contributed by atoms with Crippen LogP contribution in [0.15, 0.2) is 41.5 Å². The molecule has 0 aliphatic heterocycles. The third-order valence-electron chi connectivity index (χ3n) is 2.51. The minimum atomic E-state index is -0.980. The van der Waals surface area contributed by atoms with Crippen LogP contribution in [0.5, 0.6) is 0 Å². The summed E-state index contributed by atoms with van der Waals surface area (Å²) in [5.41, 5.74) is 1.50. The van der Waals surface area contributed by atoms with Gasteiger partial charge >= 0.3 is 11.7 Å². The second-order valence-corrected chi connectivity index (χ2v) is 4.05. The first-order valence-corrected chi connectivity index (χ1v) is 5.41. The minimum Gasteiger partial charge on any atom is -0.478 e. The van der Waals surface area contributed by atoms with Crippen molar-refractivity contribution in [2.45, 2.75) is 13.5 Å². The Morgan fingerprint density at radius 2 is 2.22 bits per heavy atom. The molecule has 92 valence electrons. The molecule has 0 aliphatic rings. The predicted octanol–water partition coefficient (Wildman–Crippen LogP) is 1.30. The van der Waals surface area contributed by atoms with E-state index < -0.39 is 5.97 Å². The molecule has 18 heavy (non-hydrogen) atoms.